The van der Waals surface area contributed by atoms with Crippen LogP contribution in [0.25, 0.3) is 10.8 Å². The Morgan fingerprint density at radius 3 is 2.82 bits per heavy atom. The molecule has 2 saturated heterocycles. The summed E-state index contributed by atoms with van der Waals surface area (Å²) in [6, 6.07) is 8.51. The third-order valence-electron chi connectivity index (χ3n) is 11.6. The number of hydrogen-bond donors (Lipinski definition) is 4. The molecule has 2 spiro atoms. The summed E-state index contributed by atoms with van der Waals surface area (Å²) in [5, 5.41) is 36.5. The summed E-state index contributed by atoms with van der Waals surface area (Å²) in [6.07, 6.45) is 10.8. The van der Waals surface area contributed by atoms with E-state index >= 15 is 0 Å². The first kappa shape index (κ1) is 24.6. The fourth-order valence-corrected chi connectivity index (χ4v) is 9.80. The molecular formula is C32H39N3O4. The molecule has 5 N–H and O–H groups in total. The van der Waals surface area contributed by atoms with Crippen molar-refractivity contribution >= 4 is 10.8 Å². The molecule has 7 heteroatoms. The standard InChI is InChI=1S/C32H39N3O4/c1-30-7-4-21-13-23-28(37)29(38)24(35-11-6-22(33)17-35)15-31(23)8-9-32(21,39-31)26(30)14-25(36)27(30)19-3-2-18-5-10-34-16-20(18)12-19/h2-5,10,12-13,16,22,24-29,36-38H,6-9,11,14-15,17,33H2,1H3/t22-,24+,25-,26-,27+,28+,29+,30+,31-,32?/m1/s1. The summed E-state index contributed by atoms with van der Waals surface area (Å²) >= 11 is 0. The van der Waals surface area contributed by atoms with Crippen molar-refractivity contribution in [2.24, 2.45) is 17.1 Å². The van der Waals surface area contributed by atoms with Gasteiger partial charge in [0.2, 0.25) is 0 Å². The minimum Gasteiger partial charge on any atom is -0.392 e. The number of aliphatic hydroxyl groups is 3. The minimum atomic E-state index is -0.945. The topological polar surface area (TPSA) is 112 Å². The lowest BCUT2D eigenvalue weighted by molar-refractivity contribution is -0.167. The first-order valence-electron chi connectivity index (χ1n) is 14.7. The quantitative estimate of drug-likeness (QED) is 0.473. The summed E-state index contributed by atoms with van der Waals surface area (Å²) in [7, 11) is 0. The van der Waals surface area contributed by atoms with Gasteiger partial charge in [0.05, 0.1) is 23.4 Å². The summed E-state index contributed by atoms with van der Waals surface area (Å²) in [5.74, 6) is 0.164. The molecule has 1 unspecified atom stereocenters. The molecule has 0 radical (unpaired) electrons. The Morgan fingerprint density at radius 1 is 1.13 bits per heavy atom. The first-order valence-corrected chi connectivity index (χ1v) is 14.7. The van der Waals surface area contributed by atoms with Crippen molar-refractivity contribution in [2.45, 2.75) is 93.0 Å². The number of aromatic nitrogens is 1. The summed E-state index contributed by atoms with van der Waals surface area (Å²) in [5.41, 5.74) is 8.15. The average Bonchev–Trinajstić information content (AvgIpc) is 3.58. The number of nitrogens with zero attached hydrogens (tertiary/aromatic N) is 2. The van der Waals surface area contributed by atoms with Crippen LogP contribution in [0, 0.1) is 11.3 Å². The zero-order valence-electron chi connectivity index (χ0n) is 22.5. The summed E-state index contributed by atoms with van der Waals surface area (Å²) < 4.78 is 7.31. The van der Waals surface area contributed by atoms with Crippen LogP contribution in [0.15, 0.2) is 60.0 Å². The van der Waals surface area contributed by atoms with E-state index in [1.807, 2.05) is 18.5 Å². The molecule has 8 rings (SSSR count). The number of likely N-dealkylation sites (tertiary alicyclic amines) is 1. The number of ether oxygens (including phenoxy) is 1. The van der Waals surface area contributed by atoms with E-state index in [0.717, 1.165) is 60.7 Å². The van der Waals surface area contributed by atoms with Gasteiger partial charge in [-0.15, -0.1) is 0 Å². The van der Waals surface area contributed by atoms with E-state index < -0.39 is 29.5 Å². The van der Waals surface area contributed by atoms with Crippen LogP contribution >= 0.6 is 0 Å². The van der Waals surface area contributed by atoms with Gasteiger partial charge in [0.25, 0.3) is 0 Å². The highest BCUT2D eigenvalue weighted by Crippen LogP contribution is 2.69. The van der Waals surface area contributed by atoms with E-state index in [-0.39, 0.29) is 29.3 Å². The molecule has 4 heterocycles. The van der Waals surface area contributed by atoms with E-state index in [1.54, 1.807) is 0 Å². The Hall–Kier alpha value is -2.13. The van der Waals surface area contributed by atoms with E-state index in [0.29, 0.717) is 12.8 Å². The van der Waals surface area contributed by atoms with Gasteiger partial charge in [-0.1, -0.05) is 31.2 Å². The van der Waals surface area contributed by atoms with Crippen molar-refractivity contribution in [3.05, 3.63) is 65.5 Å². The number of fused-ring (bicyclic) bond motifs is 2. The van der Waals surface area contributed by atoms with E-state index in [9.17, 15) is 15.3 Å². The smallest absolute Gasteiger partial charge is 0.105 e. The summed E-state index contributed by atoms with van der Waals surface area (Å²) in [6.45, 7) is 3.93. The summed E-state index contributed by atoms with van der Waals surface area (Å²) in [4.78, 5) is 6.59. The maximum atomic E-state index is 11.6. The average molecular weight is 530 g/mol. The monoisotopic (exact) mass is 529 g/mol. The maximum Gasteiger partial charge on any atom is 0.105 e. The predicted octanol–water partition coefficient (Wildman–Crippen LogP) is 2.79. The van der Waals surface area contributed by atoms with E-state index in [2.05, 4.69) is 47.2 Å². The van der Waals surface area contributed by atoms with Crippen molar-refractivity contribution in [3.8, 4) is 0 Å². The number of aliphatic hydroxyl groups excluding tert-OH is 3. The largest absolute Gasteiger partial charge is 0.392 e. The Kier molecular flexibility index (Phi) is 5.19. The van der Waals surface area contributed by atoms with Gasteiger partial charge in [0.1, 0.15) is 6.10 Å². The number of pyridine rings is 1. The van der Waals surface area contributed by atoms with Gasteiger partial charge in [0, 0.05) is 54.8 Å². The molecule has 6 aliphatic rings. The van der Waals surface area contributed by atoms with Gasteiger partial charge in [-0.3, -0.25) is 9.88 Å². The molecular weight excluding hydrogens is 490 g/mol. The van der Waals surface area contributed by atoms with Crippen LogP contribution in [0.1, 0.15) is 56.9 Å². The first-order chi connectivity index (χ1) is 18.7. The van der Waals surface area contributed by atoms with Crippen LogP contribution in [-0.2, 0) is 4.74 Å². The molecule has 0 amide bonds. The van der Waals surface area contributed by atoms with Crippen LogP contribution in [0.4, 0.5) is 0 Å². The SMILES string of the molecule is C[C@]12CC=C3C=C4[C@H](O)[C@@H](O)[C@@H](N5CC[C@@H](N)C5)C[C@]45CCC3(O5)[C@@H]1C[C@@H](O)[C@@H]2c1ccc2ccncc2c1. The highest BCUT2D eigenvalue weighted by atomic mass is 16.5. The van der Waals surface area contributed by atoms with Crippen LogP contribution in [0.3, 0.4) is 0 Å². The predicted molar refractivity (Wildman–Crippen MR) is 148 cm³/mol. The number of hydrogen-bond acceptors (Lipinski definition) is 7. The molecule has 4 fully saturated rings. The Bertz CT molecular complexity index is 1410. The lowest BCUT2D eigenvalue weighted by Gasteiger charge is -2.56. The number of nitrogens with two attached hydrogens (primary N) is 1. The number of benzene rings is 1. The molecule has 39 heavy (non-hydrogen) atoms. The van der Waals surface area contributed by atoms with Gasteiger partial charge in [-0.05, 0) is 78.2 Å². The normalized spacial score (nSPS) is 46.9. The molecule has 1 aromatic heterocycles. The second-order valence-electron chi connectivity index (χ2n) is 13.5. The second kappa shape index (κ2) is 8.21. The molecule has 3 aliphatic heterocycles. The second-order valence-corrected chi connectivity index (χ2v) is 13.5. The van der Waals surface area contributed by atoms with Crippen molar-refractivity contribution < 1.29 is 20.1 Å². The van der Waals surface area contributed by atoms with Gasteiger partial charge < -0.3 is 25.8 Å². The molecule has 206 valence electrons. The third-order valence-corrected chi connectivity index (χ3v) is 11.6. The lowest BCUT2D eigenvalue weighted by atomic mass is 9.58. The van der Waals surface area contributed by atoms with Gasteiger partial charge in [0.15, 0.2) is 0 Å². The van der Waals surface area contributed by atoms with Gasteiger partial charge in [-0.25, -0.2) is 0 Å². The van der Waals surface area contributed by atoms with E-state index in [1.165, 1.54) is 5.56 Å². The lowest BCUT2D eigenvalue weighted by Crippen LogP contribution is -2.62. The molecule has 1 aromatic carbocycles. The minimum absolute atomic E-state index is 0.00223. The molecule has 2 saturated carbocycles. The molecule has 3 aliphatic carbocycles. The van der Waals surface area contributed by atoms with Crippen LogP contribution in [0.5, 0.6) is 0 Å². The van der Waals surface area contributed by atoms with Crippen molar-refractivity contribution in [2.75, 3.05) is 13.1 Å². The van der Waals surface area contributed by atoms with Crippen molar-refractivity contribution in [1.82, 2.24) is 9.88 Å². The fraction of sp³-hybridized carbons (Fsp3) is 0.594. The van der Waals surface area contributed by atoms with Crippen LogP contribution in [0.2, 0.25) is 0 Å². The highest BCUT2D eigenvalue weighted by molar-refractivity contribution is 5.82. The van der Waals surface area contributed by atoms with Crippen LogP contribution in [-0.4, -0.2) is 79.9 Å². The molecule has 7 nitrogen and oxygen atoms in total. The molecule has 10 atom stereocenters. The van der Waals surface area contributed by atoms with Crippen molar-refractivity contribution in [1.29, 1.82) is 0 Å². The Balaban J connectivity index is 1.18. The molecule has 2 aromatic rings. The highest BCUT2D eigenvalue weighted by Gasteiger charge is 2.69. The Labute approximate surface area is 229 Å². The maximum absolute atomic E-state index is 11.6. The molecule has 2 bridgehead atoms. The van der Waals surface area contributed by atoms with Gasteiger partial charge >= 0.3 is 0 Å². The fourth-order valence-electron chi connectivity index (χ4n) is 9.80. The van der Waals surface area contributed by atoms with E-state index in [4.69, 9.17) is 10.5 Å². The van der Waals surface area contributed by atoms with Crippen LogP contribution < -0.4 is 5.73 Å². The Morgan fingerprint density at radius 2 is 2.00 bits per heavy atom. The zero-order valence-corrected chi connectivity index (χ0v) is 22.5. The number of rotatable bonds is 2. The number of allylic oxidation sites excluding steroid dienone is 1. The van der Waals surface area contributed by atoms with Gasteiger partial charge in [-0.2, -0.15) is 0 Å². The third kappa shape index (κ3) is 3.23. The van der Waals surface area contributed by atoms with Crippen molar-refractivity contribution in [3.63, 3.8) is 0 Å². The zero-order chi connectivity index (χ0) is 26.7.